The molecule has 0 aliphatic carbocycles. The van der Waals surface area contributed by atoms with E-state index in [0.717, 1.165) is 15.9 Å². The number of nitrogens with two attached hydrogens (primary N) is 1. The van der Waals surface area contributed by atoms with Crippen LogP contribution in [0.3, 0.4) is 0 Å². The molecule has 3 aromatic heterocycles. The molecule has 2 atom stereocenters. The van der Waals surface area contributed by atoms with E-state index >= 15 is 0 Å². The summed E-state index contributed by atoms with van der Waals surface area (Å²) in [7, 11) is 1.41. The van der Waals surface area contributed by atoms with Gasteiger partial charge in [0.15, 0.2) is 0 Å². The van der Waals surface area contributed by atoms with Crippen LogP contribution in [0.15, 0.2) is 46.2 Å². The number of hydrogen-bond acceptors (Lipinski definition) is 8. The van der Waals surface area contributed by atoms with E-state index in [1.165, 1.54) is 36.8 Å². The van der Waals surface area contributed by atoms with Gasteiger partial charge in [-0.25, -0.2) is 18.4 Å². The smallest absolute Gasteiger partial charge is 0.332 e. The molecular weight excluding hydrogens is 505 g/mol. The maximum Gasteiger partial charge on any atom is 0.332 e. The highest BCUT2D eigenvalue weighted by molar-refractivity contribution is 7.21. The van der Waals surface area contributed by atoms with Crippen molar-refractivity contribution in [2.75, 3.05) is 20.3 Å². The molecular formula is C24H26FN5O6S. The van der Waals surface area contributed by atoms with Crippen LogP contribution in [0.25, 0.3) is 15.2 Å². The van der Waals surface area contributed by atoms with Crippen LogP contribution < -0.4 is 21.7 Å². The van der Waals surface area contributed by atoms with Crippen molar-refractivity contribution < 1.29 is 23.8 Å². The van der Waals surface area contributed by atoms with Crippen LogP contribution in [-0.2, 0) is 16.1 Å². The van der Waals surface area contributed by atoms with Crippen LogP contribution in [0.5, 0.6) is 5.75 Å². The number of halogens is 1. The highest BCUT2D eigenvalue weighted by Crippen LogP contribution is 2.34. The number of ether oxygens (including phenoxy) is 2. The fourth-order valence-electron chi connectivity index (χ4n) is 4.15. The van der Waals surface area contributed by atoms with E-state index in [2.05, 4.69) is 5.10 Å². The first-order valence-corrected chi connectivity index (χ1v) is 12.1. The number of primary amides is 1. The summed E-state index contributed by atoms with van der Waals surface area (Å²) in [5, 5.41) is 14.5. The Morgan fingerprint density at radius 2 is 2.08 bits per heavy atom. The molecule has 0 aliphatic rings. The maximum atomic E-state index is 14.2. The largest absolute Gasteiger partial charge is 0.496 e. The number of carbonyl (C=O) groups excluding carboxylic acids is 1. The van der Waals surface area contributed by atoms with E-state index in [9.17, 15) is 23.9 Å². The Balaban J connectivity index is 2.01. The second-order valence-corrected chi connectivity index (χ2v) is 9.26. The van der Waals surface area contributed by atoms with Crippen molar-refractivity contribution in [2.45, 2.75) is 32.5 Å². The molecule has 0 radical (unpaired) electrons. The van der Waals surface area contributed by atoms with E-state index < -0.39 is 35.1 Å². The molecule has 0 fully saturated rings. The SMILES string of the molecule is COc1ccc(F)cc1[C@H](Cn1c(=O)n(C(C)C(N)=O)c(=O)c2c(C)c(-n3cccn3)sc21)OCCO. The van der Waals surface area contributed by atoms with Gasteiger partial charge in [0.2, 0.25) is 5.91 Å². The molecule has 0 spiro atoms. The Bertz CT molecular complexity index is 1560. The van der Waals surface area contributed by atoms with Crippen LogP contribution in [0.1, 0.15) is 30.2 Å². The number of methoxy groups -OCH3 is 1. The van der Waals surface area contributed by atoms with E-state index in [1.54, 1.807) is 30.1 Å². The molecule has 0 saturated carbocycles. The minimum atomic E-state index is -1.23. The number of aromatic nitrogens is 4. The molecule has 1 amide bonds. The fraction of sp³-hybridized carbons (Fsp3) is 0.333. The number of benzene rings is 1. The third-order valence-corrected chi connectivity index (χ3v) is 7.33. The fourth-order valence-corrected chi connectivity index (χ4v) is 5.39. The van der Waals surface area contributed by atoms with Gasteiger partial charge in [-0.2, -0.15) is 5.10 Å². The van der Waals surface area contributed by atoms with Crippen LogP contribution in [0, 0.1) is 12.7 Å². The highest BCUT2D eigenvalue weighted by Gasteiger charge is 2.28. The molecule has 13 heteroatoms. The van der Waals surface area contributed by atoms with Gasteiger partial charge in [0.1, 0.15) is 33.5 Å². The van der Waals surface area contributed by atoms with Gasteiger partial charge < -0.3 is 20.3 Å². The monoisotopic (exact) mass is 531 g/mol. The number of fused-ring (bicyclic) bond motifs is 1. The molecule has 3 N–H and O–H groups in total. The molecule has 4 aromatic rings. The average molecular weight is 532 g/mol. The molecule has 37 heavy (non-hydrogen) atoms. The lowest BCUT2D eigenvalue weighted by Crippen LogP contribution is -2.45. The van der Waals surface area contributed by atoms with E-state index in [0.29, 0.717) is 26.7 Å². The van der Waals surface area contributed by atoms with Gasteiger partial charge >= 0.3 is 5.69 Å². The zero-order chi connectivity index (χ0) is 26.9. The Labute approximate surface area is 214 Å². The summed E-state index contributed by atoms with van der Waals surface area (Å²) in [4.78, 5) is 39.6. The predicted octanol–water partition coefficient (Wildman–Crippen LogP) is 1.66. The topological polar surface area (TPSA) is 144 Å². The molecule has 11 nitrogen and oxygen atoms in total. The first-order valence-electron chi connectivity index (χ1n) is 11.3. The van der Waals surface area contributed by atoms with Crippen LogP contribution in [-0.4, -0.2) is 50.3 Å². The lowest BCUT2D eigenvalue weighted by molar-refractivity contribution is -0.120. The van der Waals surface area contributed by atoms with Gasteiger partial charge in [0, 0.05) is 23.5 Å². The molecule has 3 heterocycles. The van der Waals surface area contributed by atoms with Gasteiger partial charge in [0.05, 0.1) is 32.3 Å². The van der Waals surface area contributed by atoms with Crippen molar-refractivity contribution >= 4 is 27.5 Å². The number of hydrogen-bond donors (Lipinski definition) is 2. The lowest BCUT2D eigenvalue weighted by atomic mass is 10.1. The first kappa shape index (κ1) is 26.3. The molecule has 0 saturated heterocycles. The van der Waals surface area contributed by atoms with E-state index in [4.69, 9.17) is 15.2 Å². The van der Waals surface area contributed by atoms with Crippen LogP contribution in [0.2, 0.25) is 0 Å². The van der Waals surface area contributed by atoms with Gasteiger partial charge in [-0.3, -0.25) is 14.2 Å². The van der Waals surface area contributed by atoms with Gasteiger partial charge in [-0.05, 0) is 38.1 Å². The number of rotatable bonds is 10. The van der Waals surface area contributed by atoms with Crippen molar-refractivity contribution in [1.82, 2.24) is 18.9 Å². The second kappa shape index (κ2) is 10.7. The zero-order valence-electron chi connectivity index (χ0n) is 20.4. The first-order chi connectivity index (χ1) is 17.7. The quantitative estimate of drug-likeness (QED) is 0.317. The second-order valence-electron chi connectivity index (χ2n) is 8.28. The predicted molar refractivity (Wildman–Crippen MR) is 135 cm³/mol. The maximum absolute atomic E-state index is 14.2. The number of nitrogens with zero attached hydrogens (tertiary/aromatic N) is 4. The molecule has 0 aliphatic heterocycles. The minimum absolute atomic E-state index is 0.110. The van der Waals surface area contributed by atoms with Crippen molar-refractivity contribution in [1.29, 1.82) is 0 Å². The summed E-state index contributed by atoms with van der Waals surface area (Å²) in [6.07, 6.45) is 2.33. The van der Waals surface area contributed by atoms with E-state index in [1.807, 2.05) is 0 Å². The minimum Gasteiger partial charge on any atom is -0.496 e. The van der Waals surface area contributed by atoms with Gasteiger partial charge in [0.25, 0.3) is 5.56 Å². The van der Waals surface area contributed by atoms with Crippen LogP contribution in [0.4, 0.5) is 4.39 Å². The molecule has 4 rings (SSSR count). The summed E-state index contributed by atoms with van der Waals surface area (Å²) in [5.74, 6) is -1.09. The Kier molecular flexibility index (Phi) is 7.57. The summed E-state index contributed by atoms with van der Waals surface area (Å²) < 4.78 is 29.1. The van der Waals surface area contributed by atoms with Gasteiger partial charge in [-0.1, -0.05) is 11.3 Å². The normalized spacial score (nSPS) is 13.1. The van der Waals surface area contributed by atoms with E-state index in [-0.39, 0.29) is 25.1 Å². The molecule has 1 aromatic carbocycles. The Morgan fingerprint density at radius 3 is 2.70 bits per heavy atom. The molecule has 0 bridgehead atoms. The summed E-state index contributed by atoms with van der Waals surface area (Å²) in [6, 6.07) is 4.37. The lowest BCUT2D eigenvalue weighted by Gasteiger charge is -2.23. The van der Waals surface area contributed by atoms with Crippen molar-refractivity contribution in [3.63, 3.8) is 0 Å². The third kappa shape index (κ3) is 4.80. The number of thiophene rings is 1. The third-order valence-electron chi connectivity index (χ3n) is 6.03. The van der Waals surface area contributed by atoms with Gasteiger partial charge in [-0.15, -0.1) is 0 Å². The summed E-state index contributed by atoms with van der Waals surface area (Å²) >= 11 is 1.16. The van der Waals surface area contributed by atoms with Crippen molar-refractivity contribution in [3.05, 3.63) is 74.4 Å². The Hall–Kier alpha value is -3.81. The standard InChI is InChI=1S/C24H26FN5O6S/c1-13-19-21(33)30(14(2)20(26)32)24(34)28(23(19)37-22(13)29-8-4-7-27-29)12-18(36-10-9-31)16-11-15(25)5-6-17(16)35-3/h4-8,11,14,18,31H,9-10,12H2,1-3H3,(H2,26,32)/t14?,18-/m0/s1. The molecule has 1 unspecified atom stereocenters. The number of aryl methyl sites for hydroxylation is 1. The highest BCUT2D eigenvalue weighted by atomic mass is 32.1. The number of aliphatic hydroxyl groups excluding tert-OH is 1. The Morgan fingerprint density at radius 1 is 1.32 bits per heavy atom. The average Bonchev–Trinajstić information content (AvgIpc) is 3.51. The van der Waals surface area contributed by atoms with Crippen molar-refractivity contribution in [3.8, 4) is 10.8 Å². The summed E-state index contributed by atoms with van der Waals surface area (Å²) in [6.45, 7) is 2.48. The van der Waals surface area contributed by atoms with Crippen LogP contribution >= 0.6 is 11.3 Å². The molecule has 196 valence electrons. The number of amides is 1. The van der Waals surface area contributed by atoms with Crippen molar-refractivity contribution in [2.24, 2.45) is 5.73 Å². The summed E-state index contributed by atoms with van der Waals surface area (Å²) in [5.41, 5.74) is 4.88. The zero-order valence-corrected chi connectivity index (χ0v) is 21.2. The number of carbonyl (C=O) groups is 1. The number of aliphatic hydroxyl groups is 1.